The van der Waals surface area contributed by atoms with E-state index in [1.165, 1.54) is 0 Å². The summed E-state index contributed by atoms with van der Waals surface area (Å²) in [6.45, 7) is 5.91. The van der Waals surface area contributed by atoms with E-state index in [4.69, 9.17) is 0 Å². The van der Waals surface area contributed by atoms with Gasteiger partial charge in [-0.2, -0.15) is 5.26 Å². The lowest BCUT2D eigenvalue weighted by Gasteiger charge is -2.11. The van der Waals surface area contributed by atoms with Crippen LogP contribution in [-0.2, 0) is 7.05 Å². The third-order valence-corrected chi connectivity index (χ3v) is 4.46. The molecular weight excluding hydrogens is 288 g/mol. The Morgan fingerprint density at radius 1 is 1.30 bits per heavy atom. The van der Waals surface area contributed by atoms with Crippen molar-refractivity contribution >= 4 is 6.08 Å². The summed E-state index contributed by atoms with van der Waals surface area (Å²) in [7, 11) is 1.81. The average Bonchev–Trinajstić information content (AvgIpc) is 3.33. The van der Waals surface area contributed by atoms with E-state index in [1.807, 2.05) is 39.0 Å². The Kier molecular flexibility index (Phi) is 3.69. The first-order chi connectivity index (χ1) is 11.1. The second-order valence-corrected chi connectivity index (χ2v) is 5.77. The number of pyridine rings is 1. The molecule has 0 bridgehead atoms. The number of aryl methyl sites for hydroxylation is 1. The molecule has 2 aromatic heterocycles. The van der Waals surface area contributed by atoms with Crippen molar-refractivity contribution in [1.82, 2.24) is 14.1 Å². The van der Waals surface area contributed by atoms with Crippen molar-refractivity contribution in [3.8, 4) is 11.8 Å². The molecule has 5 heteroatoms. The Labute approximate surface area is 135 Å². The molecule has 2 aliphatic carbocycles. The molecule has 2 heterocycles. The van der Waals surface area contributed by atoms with Crippen LogP contribution in [0.25, 0.3) is 11.8 Å². The first kappa shape index (κ1) is 15.3. The fraction of sp³-hybridized carbons (Fsp3) is 0.389. The minimum atomic E-state index is -0.0771. The molecule has 0 spiro atoms. The highest BCUT2D eigenvalue weighted by Crippen LogP contribution is 2.55. The van der Waals surface area contributed by atoms with E-state index in [-0.39, 0.29) is 5.69 Å². The summed E-state index contributed by atoms with van der Waals surface area (Å²) >= 11 is 0. The fourth-order valence-corrected chi connectivity index (χ4v) is 3.27. The first-order valence-electron chi connectivity index (χ1n) is 7.98. The molecule has 0 amide bonds. The summed E-state index contributed by atoms with van der Waals surface area (Å²) in [5, 5.41) is 9.26. The lowest BCUT2D eigenvalue weighted by atomic mass is 10.0. The first-order valence-corrected chi connectivity index (χ1v) is 7.98. The zero-order valence-corrected chi connectivity index (χ0v) is 13.9. The standard InChI is InChI=1S/C16H14N4O.C2H6/c1-9-3-4-11(8-18-9)20-14-5-10(7-17)12-6-13(12)15(14)19(2)16(20)21;1-2/h3-5,8,12-13H,6H2,1-2H3;1-2H3. The minimum absolute atomic E-state index is 0.0771. The quantitative estimate of drug-likeness (QED) is 0.813. The fourth-order valence-electron chi connectivity index (χ4n) is 3.27. The molecule has 2 atom stereocenters. The molecule has 4 rings (SSSR count). The molecule has 1 saturated carbocycles. The van der Waals surface area contributed by atoms with Crippen molar-refractivity contribution < 1.29 is 0 Å². The number of hydrogen-bond acceptors (Lipinski definition) is 3. The van der Waals surface area contributed by atoms with Crippen LogP contribution in [0.1, 0.15) is 43.3 Å². The molecule has 2 aromatic rings. The van der Waals surface area contributed by atoms with E-state index in [1.54, 1.807) is 22.4 Å². The zero-order chi connectivity index (χ0) is 16.7. The molecule has 0 saturated heterocycles. The largest absolute Gasteiger partial charge is 0.333 e. The van der Waals surface area contributed by atoms with Crippen molar-refractivity contribution in [2.45, 2.75) is 33.1 Å². The Morgan fingerprint density at radius 2 is 2.04 bits per heavy atom. The summed E-state index contributed by atoms with van der Waals surface area (Å²) in [6, 6.07) is 6.05. The molecule has 0 N–H and O–H groups in total. The number of hydrogen-bond donors (Lipinski definition) is 0. The number of fused-ring (bicyclic) bond motifs is 3. The van der Waals surface area contributed by atoms with Crippen LogP contribution in [0.15, 0.2) is 28.7 Å². The summed E-state index contributed by atoms with van der Waals surface area (Å²) < 4.78 is 3.37. The Morgan fingerprint density at radius 3 is 2.65 bits per heavy atom. The van der Waals surface area contributed by atoms with Gasteiger partial charge < -0.3 is 0 Å². The third-order valence-electron chi connectivity index (χ3n) is 4.46. The van der Waals surface area contributed by atoms with Crippen LogP contribution >= 0.6 is 0 Å². The maximum absolute atomic E-state index is 12.6. The van der Waals surface area contributed by atoms with Crippen LogP contribution in [0.5, 0.6) is 0 Å². The molecule has 0 aliphatic heterocycles. The molecule has 5 nitrogen and oxygen atoms in total. The monoisotopic (exact) mass is 308 g/mol. The van der Waals surface area contributed by atoms with Crippen molar-refractivity contribution in [2.75, 3.05) is 0 Å². The van der Waals surface area contributed by atoms with Gasteiger partial charge in [0.25, 0.3) is 0 Å². The second kappa shape index (κ2) is 5.54. The third kappa shape index (κ3) is 2.22. The van der Waals surface area contributed by atoms with Crippen LogP contribution < -0.4 is 5.69 Å². The molecule has 0 radical (unpaired) electrons. The molecule has 2 aliphatic rings. The van der Waals surface area contributed by atoms with Gasteiger partial charge >= 0.3 is 5.69 Å². The Balaban J connectivity index is 0.000000753. The molecule has 0 aromatic carbocycles. The number of rotatable bonds is 1. The lowest BCUT2D eigenvalue weighted by molar-refractivity contribution is 0.764. The van der Waals surface area contributed by atoms with Crippen LogP contribution in [-0.4, -0.2) is 14.1 Å². The smallest absolute Gasteiger partial charge is 0.298 e. The van der Waals surface area contributed by atoms with Gasteiger partial charge in [0.2, 0.25) is 0 Å². The molecule has 118 valence electrons. The maximum atomic E-state index is 12.6. The zero-order valence-electron chi connectivity index (χ0n) is 13.9. The Bertz CT molecular complexity index is 877. The number of nitrogens with zero attached hydrogens (tertiary/aromatic N) is 4. The van der Waals surface area contributed by atoms with Gasteiger partial charge in [0.1, 0.15) is 0 Å². The van der Waals surface area contributed by atoms with Gasteiger partial charge in [-0.1, -0.05) is 13.8 Å². The van der Waals surface area contributed by atoms with E-state index in [0.29, 0.717) is 11.8 Å². The van der Waals surface area contributed by atoms with E-state index < -0.39 is 0 Å². The molecule has 23 heavy (non-hydrogen) atoms. The van der Waals surface area contributed by atoms with E-state index in [0.717, 1.165) is 34.8 Å². The van der Waals surface area contributed by atoms with Crippen LogP contribution in [0.2, 0.25) is 0 Å². The molecular formula is C18H20N4O. The van der Waals surface area contributed by atoms with Crippen LogP contribution in [0.4, 0.5) is 0 Å². The summed E-state index contributed by atoms with van der Waals surface area (Å²) in [5.41, 5.74) is 4.24. The lowest BCUT2D eigenvalue weighted by Crippen LogP contribution is -2.22. The number of nitriles is 1. The van der Waals surface area contributed by atoms with E-state index in [2.05, 4.69) is 11.1 Å². The highest BCUT2D eigenvalue weighted by molar-refractivity contribution is 5.66. The van der Waals surface area contributed by atoms with Crippen molar-refractivity contribution in [2.24, 2.45) is 13.0 Å². The van der Waals surface area contributed by atoms with Gasteiger partial charge in [-0.25, -0.2) is 4.79 Å². The predicted octanol–water partition coefficient (Wildman–Crippen LogP) is 2.93. The van der Waals surface area contributed by atoms with E-state index in [9.17, 15) is 10.1 Å². The normalized spacial score (nSPS) is 20.4. The van der Waals surface area contributed by atoms with Gasteiger partial charge in [0.05, 0.1) is 29.3 Å². The second-order valence-electron chi connectivity index (χ2n) is 5.77. The summed E-state index contributed by atoms with van der Waals surface area (Å²) in [6.07, 6.45) is 4.54. The van der Waals surface area contributed by atoms with Crippen molar-refractivity contribution in [3.63, 3.8) is 0 Å². The number of aromatic nitrogens is 3. The van der Waals surface area contributed by atoms with Crippen LogP contribution in [0, 0.1) is 24.2 Å². The van der Waals surface area contributed by atoms with Crippen molar-refractivity contribution in [3.05, 3.63) is 51.5 Å². The molecule has 1 fully saturated rings. The minimum Gasteiger partial charge on any atom is -0.298 e. The Hall–Kier alpha value is -2.61. The maximum Gasteiger partial charge on any atom is 0.333 e. The van der Waals surface area contributed by atoms with Gasteiger partial charge in [-0.05, 0) is 31.6 Å². The van der Waals surface area contributed by atoms with Crippen LogP contribution in [0.3, 0.4) is 0 Å². The highest BCUT2D eigenvalue weighted by atomic mass is 16.1. The van der Waals surface area contributed by atoms with Gasteiger partial charge in [0, 0.05) is 30.2 Å². The summed E-state index contributed by atoms with van der Waals surface area (Å²) in [4.78, 5) is 16.9. The van der Waals surface area contributed by atoms with Gasteiger partial charge in [-0.15, -0.1) is 0 Å². The SMILES string of the molecule is CC.Cc1ccc(-n2c3c(n(C)c2=O)C2CC2C(C#N)=C3)cn1. The van der Waals surface area contributed by atoms with E-state index >= 15 is 0 Å². The highest BCUT2D eigenvalue weighted by Gasteiger charge is 2.48. The van der Waals surface area contributed by atoms with Gasteiger partial charge in [0.15, 0.2) is 0 Å². The molecule has 2 unspecified atom stereocenters. The topological polar surface area (TPSA) is 63.6 Å². The predicted molar refractivity (Wildman–Crippen MR) is 89.3 cm³/mol. The summed E-state index contributed by atoms with van der Waals surface area (Å²) in [5.74, 6) is 0.622. The van der Waals surface area contributed by atoms with Crippen molar-refractivity contribution in [1.29, 1.82) is 5.26 Å². The average molecular weight is 308 g/mol. The number of allylic oxidation sites excluding steroid dienone is 1. The van der Waals surface area contributed by atoms with Gasteiger partial charge in [-0.3, -0.25) is 14.1 Å². The number of imidazole rings is 1.